The van der Waals surface area contributed by atoms with E-state index >= 15 is 0 Å². The molecule has 1 aromatic heterocycles. The lowest BCUT2D eigenvalue weighted by Gasteiger charge is -2.02. The molecule has 4 heteroatoms. The van der Waals surface area contributed by atoms with Gasteiger partial charge in [-0.25, -0.2) is 0 Å². The van der Waals surface area contributed by atoms with Gasteiger partial charge in [-0.1, -0.05) is 60.2 Å². The molecule has 2 N–H and O–H groups in total. The van der Waals surface area contributed by atoms with Crippen molar-refractivity contribution in [1.29, 1.82) is 0 Å². The van der Waals surface area contributed by atoms with Crippen LogP contribution in [0, 0.1) is 6.92 Å². The van der Waals surface area contributed by atoms with E-state index in [0.717, 1.165) is 16.8 Å². The van der Waals surface area contributed by atoms with Gasteiger partial charge in [0.25, 0.3) is 5.91 Å². The SMILES string of the molecule is Cc1ccc(-c2cc(C(=O)NCc3ccccc3)n[nH]2)cc1. The lowest BCUT2D eigenvalue weighted by Crippen LogP contribution is -2.23. The average Bonchev–Trinajstić information content (AvgIpc) is 3.04. The van der Waals surface area contributed by atoms with Crippen LogP contribution in [0.25, 0.3) is 11.3 Å². The van der Waals surface area contributed by atoms with Gasteiger partial charge < -0.3 is 5.32 Å². The minimum Gasteiger partial charge on any atom is -0.347 e. The van der Waals surface area contributed by atoms with Crippen LogP contribution in [0.15, 0.2) is 60.7 Å². The van der Waals surface area contributed by atoms with Crippen molar-refractivity contribution in [1.82, 2.24) is 15.5 Å². The number of carbonyl (C=O) groups is 1. The third-order valence-corrected chi connectivity index (χ3v) is 3.47. The summed E-state index contributed by atoms with van der Waals surface area (Å²) in [5.41, 5.74) is 4.51. The van der Waals surface area contributed by atoms with Crippen molar-refractivity contribution in [3.8, 4) is 11.3 Å². The summed E-state index contributed by atoms with van der Waals surface area (Å²) in [5.74, 6) is -0.182. The highest BCUT2D eigenvalue weighted by molar-refractivity contribution is 5.93. The van der Waals surface area contributed by atoms with Crippen LogP contribution in [0.1, 0.15) is 21.6 Å². The molecule has 1 heterocycles. The molecule has 22 heavy (non-hydrogen) atoms. The molecule has 4 nitrogen and oxygen atoms in total. The molecule has 0 unspecified atom stereocenters. The van der Waals surface area contributed by atoms with E-state index in [1.54, 1.807) is 6.07 Å². The molecule has 0 bridgehead atoms. The fraction of sp³-hybridized carbons (Fsp3) is 0.111. The lowest BCUT2D eigenvalue weighted by atomic mass is 10.1. The molecule has 0 saturated heterocycles. The Labute approximate surface area is 129 Å². The van der Waals surface area contributed by atoms with Crippen molar-refractivity contribution >= 4 is 5.91 Å². The number of amides is 1. The van der Waals surface area contributed by atoms with Crippen LogP contribution in [0.4, 0.5) is 0 Å². The predicted molar refractivity (Wildman–Crippen MR) is 86.4 cm³/mol. The maximum atomic E-state index is 12.1. The Kier molecular flexibility index (Phi) is 4.01. The van der Waals surface area contributed by atoms with Crippen molar-refractivity contribution in [2.24, 2.45) is 0 Å². The molecule has 110 valence electrons. The van der Waals surface area contributed by atoms with Crippen molar-refractivity contribution in [3.63, 3.8) is 0 Å². The Balaban J connectivity index is 1.68. The Morgan fingerprint density at radius 1 is 1.09 bits per heavy atom. The minimum absolute atomic E-state index is 0.182. The van der Waals surface area contributed by atoms with Gasteiger partial charge in [0.15, 0.2) is 5.69 Å². The quantitative estimate of drug-likeness (QED) is 0.774. The molecule has 1 amide bonds. The van der Waals surface area contributed by atoms with Crippen LogP contribution in [0.5, 0.6) is 0 Å². The number of H-pyrrole nitrogens is 1. The number of aromatic nitrogens is 2. The van der Waals surface area contributed by atoms with E-state index in [-0.39, 0.29) is 5.91 Å². The fourth-order valence-electron chi connectivity index (χ4n) is 2.19. The molecule has 0 spiro atoms. The molecule has 0 atom stereocenters. The van der Waals surface area contributed by atoms with Gasteiger partial charge in [0.2, 0.25) is 0 Å². The number of aromatic amines is 1. The molecule has 0 aliphatic heterocycles. The number of carbonyl (C=O) groups excluding carboxylic acids is 1. The monoisotopic (exact) mass is 291 g/mol. The van der Waals surface area contributed by atoms with Crippen LogP contribution in [-0.4, -0.2) is 16.1 Å². The molecule has 0 radical (unpaired) electrons. The number of hydrogen-bond donors (Lipinski definition) is 2. The Morgan fingerprint density at radius 3 is 2.55 bits per heavy atom. The van der Waals surface area contributed by atoms with Gasteiger partial charge in [-0.3, -0.25) is 9.89 Å². The Bertz CT molecular complexity index is 761. The zero-order chi connectivity index (χ0) is 15.4. The molecular weight excluding hydrogens is 274 g/mol. The van der Waals surface area contributed by atoms with Crippen LogP contribution < -0.4 is 5.32 Å². The number of rotatable bonds is 4. The van der Waals surface area contributed by atoms with Crippen molar-refractivity contribution in [2.75, 3.05) is 0 Å². The number of nitrogens with one attached hydrogen (secondary N) is 2. The smallest absolute Gasteiger partial charge is 0.272 e. The third kappa shape index (κ3) is 3.23. The fourth-order valence-corrected chi connectivity index (χ4v) is 2.19. The highest BCUT2D eigenvalue weighted by Crippen LogP contribution is 2.18. The summed E-state index contributed by atoms with van der Waals surface area (Å²) in [5, 5.41) is 9.87. The average molecular weight is 291 g/mol. The van der Waals surface area contributed by atoms with Crippen molar-refractivity contribution in [2.45, 2.75) is 13.5 Å². The lowest BCUT2D eigenvalue weighted by molar-refractivity contribution is 0.0946. The van der Waals surface area contributed by atoms with E-state index in [9.17, 15) is 4.79 Å². The summed E-state index contributed by atoms with van der Waals surface area (Å²) in [6.07, 6.45) is 0. The molecular formula is C18H17N3O. The van der Waals surface area contributed by atoms with E-state index in [2.05, 4.69) is 15.5 Å². The predicted octanol–water partition coefficient (Wildman–Crippen LogP) is 3.32. The van der Waals surface area contributed by atoms with E-state index in [1.165, 1.54) is 5.56 Å². The topological polar surface area (TPSA) is 57.8 Å². The molecule has 2 aromatic carbocycles. The summed E-state index contributed by atoms with van der Waals surface area (Å²) >= 11 is 0. The maximum Gasteiger partial charge on any atom is 0.272 e. The Hall–Kier alpha value is -2.88. The second-order valence-corrected chi connectivity index (χ2v) is 5.20. The number of aryl methyl sites for hydroxylation is 1. The van der Waals surface area contributed by atoms with Gasteiger partial charge >= 0.3 is 0 Å². The normalized spacial score (nSPS) is 10.4. The number of hydrogen-bond acceptors (Lipinski definition) is 2. The number of nitrogens with zero attached hydrogens (tertiary/aromatic N) is 1. The maximum absolute atomic E-state index is 12.1. The zero-order valence-corrected chi connectivity index (χ0v) is 12.3. The van der Waals surface area contributed by atoms with Gasteiger partial charge in [-0.05, 0) is 24.1 Å². The first-order valence-corrected chi connectivity index (χ1v) is 7.17. The van der Waals surface area contributed by atoms with Crippen LogP contribution in [0.3, 0.4) is 0 Å². The van der Waals surface area contributed by atoms with Gasteiger partial charge in [0.05, 0.1) is 5.69 Å². The van der Waals surface area contributed by atoms with Crippen molar-refractivity contribution in [3.05, 3.63) is 77.5 Å². The zero-order valence-electron chi connectivity index (χ0n) is 12.3. The summed E-state index contributed by atoms with van der Waals surface area (Å²) in [7, 11) is 0. The largest absolute Gasteiger partial charge is 0.347 e. The third-order valence-electron chi connectivity index (χ3n) is 3.47. The van der Waals surface area contributed by atoms with Gasteiger partial charge in [0, 0.05) is 6.54 Å². The first-order valence-electron chi connectivity index (χ1n) is 7.17. The second-order valence-electron chi connectivity index (χ2n) is 5.20. The summed E-state index contributed by atoms with van der Waals surface area (Å²) in [6, 6.07) is 19.7. The molecule has 0 saturated carbocycles. The molecule has 3 rings (SSSR count). The van der Waals surface area contributed by atoms with Crippen LogP contribution >= 0.6 is 0 Å². The van der Waals surface area contributed by atoms with E-state index in [4.69, 9.17) is 0 Å². The van der Waals surface area contributed by atoms with Crippen LogP contribution in [-0.2, 0) is 6.54 Å². The summed E-state index contributed by atoms with van der Waals surface area (Å²) in [6.45, 7) is 2.53. The summed E-state index contributed by atoms with van der Waals surface area (Å²) < 4.78 is 0. The Morgan fingerprint density at radius 2 is 1.82 bits per heavy atom. The van der Waals surface area contributed by atoms with Gasteiger partial charge in [-0.15, -0.1) is 0 Å². The van der Waals surface area contributed by atoms with E-state index < -0.39 is 0 Å². The minimum atomic E-state index is -0.182. The highest BCUT2D eigenvalue weighted by Gasteiger charge is 2.11. The number of benzene rings is 2. The van der Waals surface area contributed by atoms with Gasteiger partial charge in [-0.2, -0.15) is 5.10 Å². The van der Waals surface area contributed by atoms with E-state index in [0.29, 0.717) is 12.2 Å². The standard InChI is InChI=1S/C18H17N3O/c1-13-7-9-15(10-8-13)16-11-17(21-20-16)18(22)19-12-14-5-3-2-4-6-14/h2-11H,12H2,1H3,(H,19,22)(H,20,21). The molecule has 0 aliphatic rings. The van der Waals surface area contributed by atoms with E-state index in [1.807, 2.05) is 61.5 Å². The first-order chi connectivity index (χ1) is 10.7. The van der Waals surface area contributed by atoms with Gasteiger partial charge in [0.1, 0.15) is 0 Å². The first kappa shape index (κ1) is 14.1. The highest BCUT2D eigenvalue weighted by atomic mass is 16.1. The summed E-state index contributed by atoms with van der Waals surface area (Å²) in [4.78, 5) is 12.1. The second kappa shape index (κ2) is 6.26. The molecule has 3 aromatic rings. The molecule has 0 fully saturated rings. The molecule has 0 aliphatic carbocycles. The van der Waals surface area contributed by atoms with Crippen molar-refractivity contribution < 1.29 is 4.79 Å². The van der Waals surface area contributed by atoms with Crippen LogP contribution in [0.2, 0.25) is 0 Å².